The summed E-state index contributed by atoms with van der Waals surface area (Å²) in [7, 11) is 0. The third kappa shape index (κ3) is 4.70. The Labute approximate surface area is 101 Å². The molecule has 0 saturated heterocycles. The van der Waals surface area contributed by atoms with E-state index in [0.29, 0.717) is 0 Å². The lowest BCUT2D eigenvalue weighted by Gasteiger charge is -2.09. The Balaban J connectivity index is 2.31. The van der Waals surface area contributed by atoms with Crippen molar-refractivity contribution in [1.29, 1.82) is 0 Å². The van der Waals surface area contributed by atoms with Crippen molar-refractivity contribution >= 4 is 21.6 Å². The minimum absolute atomic E-state index is 1.09. The molecule has 0 heterocycles. The van der Waals surface area contributed by atoms with Crippen LogP contribution in [0.2, 0.25) is 0 Å². The summed E-state index contributed by atoms with van der Waals surface area (Å²) in [5.74, 6) is 0. The maximum atomic E-state index is 3.48. The normalized spacial score (nSPS) is 10.3. The smallest absolute Gasteiger partial charge is 0.0370 e. The second-order valence-corrected chi connectivity index (χ2v) is 4.86. The second-order valence-electron chi connectivity index (χ2n) is 3.95. The van der Waals surface area contributed by atoms with Gasteiger partial charge in [-0.25, -0.2) is 0 Å². The van der Waals surface area contributed by atoms with Gasteiger partial charge in [0, 0.05) is 16.7 Å². The maximum absolute atomic E-state index is 3.48. The van der Waals surface area contributed by atoms with E-state index >= 15 is 0 Å². The van der Waals surface area contributed by atoms with Gasteiger partial charge >= 0.3 is 0 Å². The van der Waals surface area contributed by atoms with E-state index in [1.165, 1.54) is 36.9 Å². The molecule has 0 aliphatic rings. The lowest BCUT2D eigenvalue weighted by molar-refractivity contribution is 0.685. The summed E-state index contributed by atoms with van der Waals surface area (Å²) in [5.41, 5.74) is 2.56. The molecule has 2 heteroatoms. The van der Waals surface area contributed by atoms with Crippen molar-refractivity contribution in [2.75, 3.05) is 11.9 Å². The summed E-state index contributed by atoms with van der Waals surface area (Å²) in [6, 6.07) is 6.37. The van der Waals surface area contributed by atoms with E-state index in [9.17, 15) is 0 Å². The predicted octanol–water partition coefficient (Wildman–Crippen LogP) is 4.75. The Morgan fingerprint density at radius 2 is 2.00 bits per heavy atom. The second kappa shape index (κ2) is 6.89. The first-order chi connectivity index (χ1) is 7.24. The zero-order chi connectivity index (χ0) is 11.1. The third-order valence-corrected chi connectivity index (χ3v) is 3.03. The highest BCUT2D eigenvalue weighted by Crippen LogP contribution is 2.19. The van der Waals surface area contributed by atoms with Crippen molar-refractivity contribution in [3.05, 3.63) is 28.2 Å². The van der Waals surface area contributed by atoms with Crippen LogP contribution in [0.25, 0.3) is 0 Å². The summed E-state index contributed by atoms with van der Waals surface area (Å²) < 4.78 is 1.15. The summed E-state index contributed by atoms with van der Waals surface area (Å²) >= 11 is 3.47. The van der Waals surface area contributed by atoms with Gasteiger partial charge in [0.15, 0.2) is 0 Å². The Morgan fingerprint density at radius 3 is 2.67 bits per heavy atom. The van der Waals surface area contributed by atoms with E-state index in [-0.39, 0.29) is 0 Å². The van der Waals surface area contributed by atoms with Crippen LogP contribution in [0.4, 0.5) is 5.69 Å². The van der Waals surface area contributed by atoms with Crippen LogP contribution in [-0.4, -0.2) is 6.54 Å². The molecule has 0 unspecified atom stereocenters. The fourth-order valence-corrected chi connectivity index (χ4v) is 2.08. The molecule has 1 aromatic rings. The van der Waals surface area contributed by atoms with Crippen LogP contribution in [0.15, 0.2) is 22.7 Å². The van der Waals surface area contributed by atoms with Gasteiger partial charge in [-0.3, -0.25) is 0 Å². The van der Waals surface area contributed by atoms with Gasteiger partial charge in [-0.05, 0) is 37.1 Å². The molecule has 0 spiro atoms. The molecular formula is C13H20BrN. The van der Waals surface area contributed by atoms with Gasteiger partial charge in [0.1, 0.15) is 0 Å². The van der Waals surface area contributed by atoms with E-state index < -0.39 is 0 Å². The van der Waals surface area contributed by atoms with E-state index in [1.54, 1.807) is 0 Å². The van der Waals surface area contributed by atoms with Crippen molar-refractivity contribution < 1.29 is 0 Å². The van der Waals surface area contributed by atoms with E-state index in [1.807, 2.05) is 0 Å². The van der Waals surface area contributed by atoms with Crippen LogP contribution in [0.5, 0.6) is 0 Å². The average molecular weight is 270 g/mol. The molecule has 0 saturated carbocycles. The van der Waals surface area contributed by atoms with Crippen LogP contribution >= 0.6 is 15.9 Å². The monoisotopic (exact) mass is 269 g/mol. The van der Waals surface area contributed by atoms with E-state index in [2.05, 4.69) is 53.3 Å². The Morgan fingerprint density at radius 1 is 1.20 bits per heavy atom. The van der Waals surface area contributed by atoms with E-state index in [4.69, 9.17) is 0 Å². The predicted molar refractivity (Wildman–Crippen MR) is 71.5 cm³/mol. The number of anilines is 1. The van der Waals surface area contributed by atoms with Crippen LogP contribution in [0.1, 0.15) is 38.2 Å². The van der Waals surface area contributed by atoms with Crippen LogP contribution < -0.4 is 5.32 Å². The molecule has 0 fully saturated rings. The number of hydrogen-bond donors (Lipinski definition) is 1. The van der Waals surface area contributed by atoms with Crippen molar-refractivity contribution in [2.45, 2.75) is 39.5 Å². The highest BCUT2D eigenvalue weighted by molar-refractivity contribution is 9.10. The Bertz CT molecular complexity index is 297. The van der Waals surface area contributed by atoms with E-state index in [0.717, 1.165) is 11.0 Å². The first-order valence-electron chi connectivity index (χ1n) is 5.74. The number of rotatable bonds is 6. The lowest BCUT2D eigenvalue weighted by atomic mass is 10.2. The topological polar surface area (TPSA) is 12.0 Å². The summed E-state index contributed by atoms with van der Waals surface area (Å²) in [4.78, 5) is 0. The summed E-state index contributed by atoms with van der Waals surface area (Å²) in [5, 5.41) is 3.48. The van der Waals surface area contributed by atoms with Crippen molar-refractivity contribution in [1.82, 2.24) is 0 Å². The molecular weight excluding hydrogens is 250 g/mol. The first-order valence-corrected chi connectivity index (χ1v) is 6.53. The summed E-state index contributed by atoms with van der Waals surface area (Å²) in [6.07, 6.45) is 5.25. The molecule has 1 N–H and O–H groups in total. The largest absolute Gasteiger partial charge is 0.385 e. The SMILES string of the molecule is CCCCCCNc1ccc(Br)cc1C. The standard InChI is InChI=1S/C13H20BrN/c1-3-4-5-6-9-15-13-8-7-12(14)10-11(13)2/h7-8,10,15H,3-6,9H2,1-2H3. The Hall–Kier alpha value is -0.500. The van der Waals surface area contributed by atoms with Gasteiger partial charge in [-0.2, -0.15) is 0 Å². The zero-order valence-corrected chi connectivity index (χ0v) is 11.2. The Kier molecular flexibility index (Phi) is 5.77. The van der Waals surface area contributed by atoms with Crippen LogP contribution in [0, 0.1) is 6.92 Å². The molecule has 84 valence electrons. The zero-order valence-electron chi connectivity index (χ0n) is 9.65. The quantitative estimate of drug-likeness (QED) is 0.735. The van der Waals surface area contributed by atoms with Crippen molar-refractivity contribution in [2.24, 2.45) is 0 Å². The number of unbranched alkanes of at least 4 members (excludes halogenated alkanes) is 3. The molecule has 0 bridgehead atoms. The molecule has 0 amide bonds. The van der Waals surface area contributed by atoms with Gasteiger partial charge in [0.25, 0.3) is 0 Å². The molecule has 1 aromatic carbocycles. The molecule has 0 atom stereocenters. The number of benzene rings is 1. The molecule has 0 aliphatic carbocycles. The van der Waals surface area contributed by atoms with Crippen molar-refractivity contribution in [3.8, 4) is 0 Å². The molecule has 1 nitrogen and oxygen atoms in total. The molecule has 15 heavy (non-hydrogen) atoms. The van der Waals surface area contributed by atoms with Crippen LogP contribution in [0.3, 0.4) is 0 Å². The minimum Gasteiger partial charge on any atom is -0.385 e. The number of aryl methyl sites for hydroxylation is 1. The summed E-state index contributed by atoms with van der Waals surface area (Å²) in [6.45, 7) is 5.47. The molecule has 0 radical (unpaired) electrons. The fraction of sp³-hybridized carbons (Fsp3) is 0.538. The molecule has 1 rings (SSSR count). The number of nitrogens with one attached hydrogen (secondary N) is 1. The molecule has 0 aromatic heterocycles. The van der Waals surface area contributed by atoms with Gasteiger partial charge in [-0.1, -0.05) is 42.1 Å². The number of hydrogen-bond acceptors (Lipinski definition) is 1. The minimum atomic E-state index is 1.09. The highest BCUT2D eigenvalue weighted by atomic mass is 79.9. The van der Waals surface area contributed by atoms with Crippen LogP contribution in [-0.2, 0) is 0 Å². The third-order valence-electron chi connectivity index (χ3n) is 2.53. The van der Waals surface area contributed by atoms with Gasteiger partial charge in [-0.15, -0.1) is 0 Å². The fourth-order valence-electron chi connectivity index (χ4n) is 1.60. The maximum Gasteiger partial charge on any atom is 0.0370 e. The van der Waals surface area contributed by atoms with Gasteiger partial charge in [0.05, 0.1) is 0 Å². The first kappa shape index (κ1) is 12.6. The van der Waals surface area contributed by atoms with Gasteiger partial charge < -0.3 is 5.32 Å². The lowest BCUT2D eigenvalue weighted by Crippen LogP contribution is -2.02. The van der Waals surface area contributed by atoms with Gasteiger partial charge in [0.2, 0.25) is 0 Å². The highest BCUT2D eigenvalue weighted by Gasteiger charge is 1.97. The van der Waals surface area contributed by atoms with Crippen molar-refractivity contribution in [3.63, 3.8) is 0 Å². The molecule has 0 aliphatic heterocycles. The average Bonchev–Trinajstić information content (AvgIpc) is 2.20. The number of halogens is 1.